The topological polar surface area (TPSA) is 47.6 Å². The number of esters is 1. The number of carbonyl (C=O) groups is 1. The van der Waals surface area contributed by atoms with Crippen LogP contribution in [0.1, 0.15) is 20.8 Å². The minimum atomic E-state index is -0.215. The molecule has 0 saturated carbocycles. The van der Waals surface area contributed by atoms with E-state index in [1.165, 1.54) is 7.11 Å². The molecular formula is C11H21NO3. The van der Waals surface area contributed by atoms with Gasteiger partial charge in [0, 0.05) is 12.0 Å². The van der Waals surface area contributed by atoms with Gasteiger partial charge in [-0.1, -0.05) is 20.8 Å². The van der Waals surface area contributed by atoms with Gasteiger partial charge in [0.2, 0.25) is 0 Å². The Morgan fingerprint density at radius 2 is 2.13 bits per heavy atom. The predicted molar refractivity (Wildman–Crippen MR) is 57.6 cm³/mol. The van der Waals surface area contributed by atoms with E-state index in [2.05, 4.69) is 12.2 Å². The van der Waals surface area contributed by atoms with Crippen LogP contribution in [-0.2, 0) is 14.3 Å². The van der Waals surface area contributed by atoms with Crippen molar-refractivity contribution in [1.29, 1.82) is 0 Å². The van der Waals surface area contributed by atoms with Crippen LogP contribution in [0.2, 0.25) is 0 Å². The molecule has 1 heterocycles. The van der Waals surface area contributed by atoms with Gasteiger partial charge < -0.3 is 14.8 Å². The lowest BCUT2D eigenvalue weighted by Crippen LogP contribution is -2.52. The molecule has 1 fully saturated rings. The van der Waals surface area contributed by atoms with Crippen molar-refractivity contribution in [3.05, 3.63) is 0 Å². The Kier molecular flexibility index (Phi) is 4.11. The van der Waals surface area contributed by atoms with Gasteiger partial charge in [-0.15, -0.1) is 0 Å². The molecule has 1 N–H and O–H groups in total. The second-order valence-corrected chi connectivity index (χ2v) is 4.93. The Hall–Kier alpha value is -0.610. The lowest BCUT2D eigenvalue weighted by molar-refractivity contribution is -0.145. The molecule has 4 nitrogen and oxygen atoms in total. The van der Waals surface area contributed by atoms with E-state index in [0.717, 1.165) is 19.8 Å². The standard InChI is InChI=1S/C11H21NO3/c1-8(2)9(10(13)14-4)12-5-11(3)6-15-7-11/h8-9,12H,5-7H2,1-4H3/t9-/m0/s1. The Bertz CT molecular complexity index is 224. The number of rotatable bonds is 5. The summed E-state index contributed by atoms with van der Waals surface area (Å²) in [6, 6.07) is -0.215. The van der Waals surface area contributed by atoms with Crippen LogP contribution < -0.4 is 5.32 Å². The van der Waals surface area contributed by atoms with Crippen molar-refractivity contribution >= 4 is 5.97 Å². The predicted octanol–water partition coefficient (Wildman–Crippen LogP) is 0.810. The summed E-state index contributed by atoms with van der Waals surface area (Å²) in [4.78, 5) is 11.5. The highest BCUT2D eigenvalue weighted by molar-refractivity contribution is 5.75. The van der Waals surface area contributed by atoms with Gasteiger partial charge >= 0.3 is 5.97 Å². The van der Waals surface area contributed by atoms with Crippen molar-refractivity contribution in [1.82, 2.24) is 5.32 Å². The summed E-state index contributed by atoms with van der Waals surface area (Å²) in [7, 11) is 1.42. The van der Waals surface area contributed by atoms with Crippen LogP contribution in [0, 0.1) is 11.3 Å². The lowest BCUT2D eigenvalue weighted by atomic mass is 9.88. The van der Waals surface area contributed by atoms with E-state index >= 15 is 0 Å². The van der Waals surface area contributed by atoms with E-state index in [9.17, 15) is 4.79 Å². The van der Waals surface area contributed by atoms with Crippen molar-refractivity contribution in [2.75, 3.05) is 26.9 Å². The molecule has 1 aliphatic heterocycles. The normalized spacial score (nSPS) is 20.9. The van der Waals surface area contributed by atoms with Crippen molar-refractivity contribution in [2.45, 2.75) is 26.8 Å². The fraction of sp³-hybridized carbons (Fsp3) is 0.909. The van der Waals surface area contributed by atoms with Crippen LogP contribution in [0.25, 0.3) is 0 Å². The maximum atomic E-state index is 11.5. The molecule has 0 amide bonds. The van der Waals surface area contributed by atoms with Gasteiger partial charge in [0.05, 0.1) is 20.3 Å². The van der Waals surface area contributed by atoms with Crippen LogP contribution >= 0.6 is 0 Å². The fourth-order valence-electron chi connectivity index (χ4n) is 1.63. The van der Waals surface area contributed by atoms with Crippen LogP contribution in [-0.4, -0.2) is 38.9 Å². The van der Waals surface area contributed by atoms with E-state index in [-0.39, 0.29) is 23.3 Å². The summed E-state index contributed by atoms with van der Waals surface area (Å²) in [6.45, 7) is 8.50. The van der Waals surface area contributed by atoms with Crippen LogP contribution in [0.15, 0.2) is 0 Å². The second-order valence-electron chi connectivity index (χ2n) is 4.93. The van der Waals surface area contributed by atoms with E-state index < -0.39 is 0 Å². The third kappa shape index (κ3) is 3.18. The molecule has 1 atom stereocenters. The Balaban J connectivity index is 2.41. The van der Waals surface area contributed by atoms with Crippen molar-refractivity contribution < 1.29 is 14.3 Å². The van der Waals surface area contributed by atoms with Gasteiger partial charge in [0.25, 0.3) is 0 Å². The van der Waals surface area contributed by atoms with Crippen LogP contribution in [0.4, 0.5) is 0 Å². The molecule has 1 aliphatic rings. The molecule has 0 spiro atoms. The average Bonchev–Trinajstić information content (AvgIpc) is 2.14. The number of methoxy groups -OCH3 is 1. The summed E-state index contributed by atoms with van der Waals surface area (Å²) in [5.41, 5.74) is 0.182. The molecule has 0 radical (unpaired) electrons. The largest absolute Gasteiger partial charge is 0.468 e. The number of hydrogen-bond donors (Lipinski definition) is 1. The van der Waals surface area contributed by atoms with E-state index in [1.54, 1.807) is 0 Å². The molecule has 0 aromatic rings. The maximum absolute atomic E-state index is 11.5. The highest BCUT2D eigenvalue weighted by Crippen LogP contribution is 2.25. The van der Waals surface area contributed by atoms with Gasteiger partial charge in [-0.05, 0) is 5.92 Å². The number of carbonyl (C=O) groups excluding carboxylic acids is 1. The molecule has 4 heteroatoms. The first-order valence-corrected chi connectivity index (χ1v) is 5.37. The third-order valence-electron chi connectivity index (χ3n) is 2.77. The highest BCUT2D eigenvalue weighted by atomic mass is 16.5. The molecule has 0 aliphatic carbocycles. The quantitative estimate of drug-likeness (QED) is 0.689. The minimum Gasteiger partial charge on any atom is -0.468 e. The van der Waals surface area contributed by atoms with Crippen LogP contribution in [0.3, 0.4) is 0 Å². The van der Waals surface area contributed by atoms with Crippen molar-refractivity contribution in [3.8, 4) is 0 Å². The van der Waals surface area contributed by atoms with Crippen molar-refractivity contribution in [3.63, 3.8) is 0 Å². The zero-order valence-corrected chi connectivity index (χ0v) is 10.0. The molecule has 0 bridgehead atoms. The summed E-state index contributed by atoms with van der Waals surface area (Å²) >= 11 is 0. The zero-order chi connectivity index (χ0) is 11.5. The molecule has 0 aromatic carbocycles. The number of ether oxygens (including phenoxy) is 2. The monoisotopic (exact) mass is 215 g/mol. The number of nitrogens with one attached hydrogen (secondary N) is 1. The summed E-state index contributed by atoms with van der Waals surface area (Å²) in [5, 5.41) is 3.26. The molecule has 15 heavy (non-hydrogen) atoms. The molecule has 1 saturated heterocycles. The Morgan fingerprint density at radius 1 is 1.53 bits per heavy atom. The van der Waals surface area contributed by atoms with Gasteiger partial charge in [-0.25, -0.2) is 0 Å². The first-order chi connectivity index (χ1) is 6.98. The summed E-state index contributed by atoms with van der Waals surface area (Å²) in [5.74, 6) is 0.0517. The average molecular weight is 215 g/mol. The summed E-state index contributed by atoms with van der Waals surface area (Å²) in [6.07, 6.45) is 0. The molecular weight excluding hydrogens is 194 g/mol. The third-order valence-corrected chi connectivity index (χ3v) is 2.77. The highest BCUT2D eigenvalue weighted by Gasteiger charge is 2.35. The summed E-state index contributed by atoms with van der Waals surface area (Å²) < 4.78 is 9.92. The minimum absolute atomic E-state index is 0.182. The van der Waals surface area contributed by atoms with Gasteiger partial charge in [-0.2, -0.15) is 0 Å². The lowest BCUT2D eigenvalue weighted by Gasteiger charge is -2.39. The molecule has 88 valence electrons. The SMILES string of the molecule is COC(=O)[C@@H](NCC1(C)COC1)C(C)C. The second kappa shape index (κ2) is 4.94. The van der Waals surface area contributed by atoms with Gasteiger partial charge in [-0.3, -0.25) is 4.79 Å². The first-order valence-electron chi connectivity index (χ1n) is 5.37. The van der Waals surface area contributed by atoms with Crippen LogP contribution in [0.5, 0.6) is 0 Å². The first kappa shape index (κ1) is 12.5. The Labute approximate surface area is 91.3 Å². The van der Waals surface area contributed by atoms with E-state index in [0.29, 0.717) is 0 Å². The van der Waals surface area contributed by atoms with E-state index in [4.69, 9.17) is 9.47 Å². The molecule has 0 unspecified atom stereocenters. The zero-order valence-electron chi connectivity index (χ0n) is 10.0. The van der Waals surface area contributed by atoms with Gasteiger partial charge in [0.1, 0.15) is 6.04 Å². The maximum Gasteiger partial charge on any atom is 0.323 e. The molecule has 0 aromatic heterocycles. The van der Waals surface area contributed by atoms with Crippen molar-refractivity contribution in [2.24, 2.45) is 11.3 Å². The van der Waals surface area contributed by atoms with Gasteiger partial charge in [0.15, 0.2) is 0 Å². The smallest absolute Gasteiger partial charge is 0.323 e. The number of hydrogen-bond acceptors (Lipinski definition) is 4. The molecule has 1 rings (SSSR count). The Morgan fingerprint density at radius 3 is 2.47 bits per heavy atom. The fourth-order valence-corrected chi connectivity index (χ4v) is 1.63. The van der Waals surface area contributed by atoms with E-state index in [1.807, 2.05) is 13.8 Å².